The van der Waals surface area contributed by atoms with E-state index in [9.17, 15) is 14.4 Å². The van der Waals surface area contributed by atoms with Crippen molar-refractivity contribution in [2.45, 2.75) is 39.7 Å². The lowest BCUT2D eigenvalue weighted by molar-refractivity contribution is -0.150. The Bertz CT molecular complexity index is 854. The molecule has 0 spiro atoms. The fourth-order valence-electron chi connectivity index (χ4n) is 4.42. The molecule has 8 nitrogen and oxygen atoms in total. The van der Waals surface area contributed by atoms with E-state index in [-0.39, 0.29) is 24.5 Å². The first kappa shape index (κ1) is 23.8. The molecule has 2 amide bonds. The summed E-state index contributed by atoms with van der Waals surface area (Å²) >= 11 is 0. The summed E-state index contributed by atoms with van der Waals surface area (Å²) < 4.78 is 10.6. The third-order valence-corrected chi connectivity index (χ3v) is 5.88. The van der Waals surface area contributed by atoms with Gasteiger partial charge in [-0.2, -0.15) is 0 Å². The third kappa shape index (κ3) is 5.30. The molecule has 2 aliphatic heterocycles. The number of nitrogens with one attached hydrogen (secondary N) is 1. The van der Waals surface area contributed by atoms with Gasteiger partial charge in [0.15, 0.2) is 0 Å². The highest BCUT2D eigenvalue weighted by atomic mass is 16.5. The largest absolute Gasteiger partial charge is 0.466 e. The Balaban J connectivity index is 1.98. The van der Waals surface area contributed by atoms with Gasteiger partial charge in [-0.3, -0.25) is 14.6 Å². The van der Waals surface area contributed by atoms with E-state index < -0.39 is 12.0 Å². The van der Waals surface area contributed by atoms with Crippen molar-refractivity contribution >= 4 is 18.0 Å². The van der Waals surface area contributed by atoms with Crippen LogP contribution in [-0.2, 0) is 19.1 Å². The lowest BCUT2D eigenvalue weighted by Gasteiger charge is -2.39. The average Bonchev–Trinajstić information content (AvgIpc) is 2.80. The van der Waals surface area contributed by atoms with E-state index in [1.807, 2.05) is 37.3 Å². The second-order valence-electron chi connectivity index (χ2n) is 7.94. The maximum absolute atomic E-state index is 13.1. The summed E-state index contributed by atoms with van der Waals surface area (Å²) in [5, 5.41) is 2.97. The van der Waals surface area contributed by atoms with E-state index in [2.05, 4.69) is 10.2 Å². The number of hydrogen-bond acceptors (Lipinski definition) is 6. The molecule has 0 bridgehead atoms. The van der Waals surface area contributed by atoms with Crippen LogP contribution in [0.15, 0.2) is 41.6 Å². The molecule has 2 heterocycles. The molecule has 1 aromatic carbocycles. The van der Waals surface area contributed by atoms with Gasteiger partial charge in [-0.1, -0.05) is 30.3 Å². The summed E-state index contributed by atoms with van der Waals surface area (Å²) in [6, 6.07) is 8.59. The first-order valence-electron chi connectivity index (χ1n) is 11.4. The molecule has 32 heavy (non-hydrogen) atoms. The topological polar surface area (TPSA) is 88.2 Å². The number of nitrogens with zero attached hydrogens (tertiary/aromatic N) is 2. The Labute approximate surface area is 189 Å². The van der Waals surface area contributed by atoms with Crippen LogP contribution in [0.3, 0.4) is 0 Å². The number of likely N-dealkylation sites (N-methyl/N-ethyl adjacent to an activating group) is 1. The van der Waals surface area contributed by atoms with E-state index in [1.54, 1.807) is 18.7 Å². The molecule has 1 saturated heterocycles. The fourth-order valence-corrected chi connectivity index (χ4v) is 4.42. The van der Waals surface area contributed by atoms with Gasteiger partial charge in [0, 0.05) is 25.3 Å². The van der Waals surface area contributed by atoms with Crippen molar-refractivity contribution < 1.29 is 23.9 Å². The monoisotopic (exact) mass is 443 g/mol. The van der Waals surface area contributed by atoms with Crippen LogP contribution in [-0.4, -0.2) is 67.2 Å². The van der Waals surface area contributed by atoms with Gasteiger partial charge in [-0.15, -0.1) is 0 Å². The van der Waals surface area contributed by atoms with Gasteiger partial charge < -0.3 is 14.8 Å². The molecule has 0 radical (unpaired) electrons. The Kier molecular flexibility index (Phi) is 8.27. The maximum Gasteiger partial charge on any atom is 0.338 e. The summed E-state index contributed by atoms with van der Waals surface area (Å²) in [7, 11) is 0. The quantitative estimate of drug-likeness (QED) is 0.622. The summed E-state index contributed by atoms with van der Waals surface area (Å²) in [6.07, 6.45) is 1.63. The number of likely N-dealkylation sites (tertiary alicyclic amines) is 1. The van der Waals surface area contributed by atoms with Crippen molar-refractivity contribution in [2.75, 3.05) is 39.4 Å². The Hall–Kier alpha value is -2.87. The molecule has 0 unspecified atom stereocenters. The zero-order valence-corrected chi connectivity index (χ0v) is 19.1. The smallest absolute Gasteiger partial charge is 0.338 e. The molecule has 174 valence electrons. The van der Waals surface area contributed by atoms with Gasteiger partial charge in [0.05, 0.1) is 30.7 Å². The molecule has 0 aliphatic carbocycles. The first-order valence-corrected chi connectivity index (χ1v) is 11.4. The Morgan fingerprint density at radius 3 is 2.47 bits per heavy atom. The molecule has 8 heteroatoms. The number of ether oxygens (including phenoxy) is 2. The number of benzene rings is 1. The van der Waals surface area contributed by atoms with Crippen LogP contribution in [0.1, 0.15) is 45.2 Å². The molecule has 3 rings (SSSR count). The normalized spacial score (nSPS) is 21.8. The van der Waals surface area contributed by atoms with Crippen LogP contribution in [0.4, 0.5) is 4.79 Å². The lowest BCUT2D eigenvalue weighted by Crippen LogP contribution is -2.51. The highest BCUT2D eigenvalue weighted by molar-refractivity contribution is 5.95. The SMILES string of the molecule is CCOC(=O)C1=C(CN2CCC[C@H](C(=O)OCC)C2)N(CC)C(=O)N[C@H]1c1ccccc1. The third-order valence-electron chi connectivity index (χ3n) is 5.88. The van der Waals surface area contributed by atoms with Crippen LogP contribution in [0, 0.1) is 5.92 Å². The Morgan fingerprint density at radius 2 is 1.81 bits per heavy atom. The molecule has 0 aromatic heterocycles. The van der Waals surface area contributed by atoms with Crippen molar-refractivity contribution in [1.29, 1.82) is 0 Å². The van der Waals surface area contributed by atoms with Crippen molar-refractivity contribution in [1.82, 2.24) is 15.1 Å². The second kappa shape index (κ2) is 11.1. The Morgan fingerprint density at radius 1 is 1.09 bits per heavy atom. The zero-order chi connectivity index (χ0) is 23.1. The zero-order valence-electron chi connectivity index (χ0n) is 19.1. The average molecular weight is 444 g/mol. The predicted molar refractivity (Wildman–Crippen MR) is 120 cm³/mol. The van der Waals surface area contributed by atoms with Gasteiger partial charge in [0.2, 0.25) is 0 Å². The van der Waals surface area contributed by atoms with Gasteiger partial charge in [-0.25, -0.2) is 9.59 Å². The number of amides is 2. The fraction of sp³-hybridized carbons (Fsp3) is 0.542. The summed E-state index contributed by atoms with van der Waals surface area (Å²) in [5.74, 6) is -0.825. The number of piperidine rings is 1. The molecule has 1 fully saturated rings. The van der Waals surface area contributed by atoms with Crippen molar-refractivity contribution in [3.8, 4) is 0 Å². The summed E-state index contributed by atoms with van der Waals surface area (Å²) in [5.41, 5.74) is 1.89. The number of hydrogen-bond donors (Lipinski definition) is 1. The van der Waals surface area contributed by atoms with Gasteiger partial charge in [0.1, 0.15) is 0 Å². The molecule has 1 N–H and O–H groups in total. The highest BCUT2D eigenvalue weighted by Gasteiger charge is 2.39. The van der Waals surface area contributed by atoms with Crippen LogP contribution in [0.5, 0.6) is 0 Å². The minimum absolute atomic E-state index is 0.187. The van der Waals surface area contributed by atoms with Crippen LogP contribution in [0.2, 0.25) is 0 Å². The second-order valence-corrected chi connectivity index (χ2v) is 7.94. The number of urea groups is 1. The van der Waals surface area contributed by atoms with Gasteiger partial charge in [-0.05, 0) is 45.7 Å². The van der Waals surface area contributed by atoms with E-state index in [0.717, 1.165) is 24.9 Å². The van der Waals surface area contributed by atoms with E-state index in [0.29, 0.717) is 37.5 Å². The first-order chi connectivity index (χ1) is 15.5. The standard InChI is InChI=1S/C24H33N3O5/c1-4-27-19(16-26-14-10-13-18(15-26)22(28)31-5-2)20(23(29)32-6-3)21(25-24(27)30)17-11-8-7-9-12-17/h7-9,11-12,18,21H,4-6,10,13-16H2,1-3H3,(H,25,30)/t18-,21-/m0/s1. The van der Waals surface area contributed by atoms with E-state index in [1.165, 1.54) is 0 Å². The molecular formula is C24H33N3O5. The minimum Gasteiger partial charge on any atom is -0.466 e. The van der Waals surface area contributed by atoms with Crippen LogP contribution < -0.4 is 5.32 Å². The van der Waals surface area contributed by atoms with E-state index >= 15 is 0 Å². The van der Waals surface area contributed by atoms with Crippen LogP contribution >= 0.6 is 0 Å². The van der Waals surface area contributed by atoms with Gasteiger partial charge >= 0.3 is 18.0 Å². The molecule has 2 atom stereocenters. The van der Waals surface area contributed by atoms with Crippen LogP contribution in [0.25, 0.3) is 0 Å². The maximum atomic E-state index is 13.1. The predicted octanol–water partition coefficient (Wildman–Crippen LogP) is 2.87. The summed E-state index contributed by atoms with van der Waals surface area (Å²) in [6.45, 7) is 8.17. The number of carbonyl (C=O) groups excluding carboxylic acids is 3. The molecule has 0 saturated carbocycles. The summed E-state index contributed by atoms with van der Waals surface area (Å²) in [4.78, 5) is 42.1. The van der Waals surface area contributed by atoms with Crippen molar-refractivity contribution in [2.24, 2.45) is 5.92 Å². The van der Waals surface area contributed by atoms with Crippen molar-refractivity contribution in [3.63, 3.8) is 0 Å². The highest BCUT2D eigenvalue weighted by Crippen LogP contribution is 2.32. The van der Waals surface area contributed by atoms with Gasteiger partial charge in [0.25, 0.3) is 0 Å². The lowest BCUT2D eigenvalue weighted by atomic mass is 9.93. The van der Waals surface area contributed by atoms with Crippen molar-refractivity contribution in [3.05, 3.63) is 47.2 Å². The molecular weight excluding hydrogens is 410 g/mol. The number of carbonyl (C=O) groups is 3. The minimum atomic E-state index is -0.591. The number of esters is 2. The molecule has 1 aromatic rings. The molecule has 2 aliphatic rings. The number of rotatable bonds is 8. The van der Waals surface area contributed by atoms with E-state index in [4.69, 9.17) is 9.47 Å².